The first kappa shape index (κ1) is 14.6. The van der Waals surface area contributed by atoms with E-state index in [1.54, 1.807) is 29.9 Å². The lowest BCUT2D eigenvalue weighted by Crippen LogP contribution is -2.15. The van der Waals surface area contributed by atoms with E-state index < -0.39 is 40.4 Å². The number of carbonyl (C=O) groups excluding carboxylic acids is 1. The van der Waals surface area contributed by atoms with Gasteiger partial charge in [0.15, 0.2) is 18.2 Å². The van der Waals surface area contributed by atoms with Gasteiger partial charge in [0.25, 0.3) is 0 Å². The van der Waals surface area contributed by atoms with Crippen LogP contribution in [0.1, 0.15) is 10.5 Å². The van der Waals surface area contributed by atoms with Crippen LogP contribution in [0, 0.1) is 21.7 Å². The van der Waals surface area contributed by atoms with Crippen molar-refractivity contribution in [2.45, 2.75) is 0 Å². The number of halogens is 2. The largest absolute Gasteiger partial charge is 0.482 e. The molecule has 21 heavy (non-hydrogen) atoms. The number of Topliss-reactive ketones (excluding diaryl/α,β-unsaturated/α-hetero) is 1. The molecule has 110 valence electrons. The lowest BCUT2D eigenvalue weighted by atomic mass is 10.2. The summed E-state index contributed by atoms with van der Waals surface area (Å²) in [6.45, 7) is -0.508. The fourth-order valence-corrected chi connectivity index (χ4v) is 1.74. The van der Waals surface area contributed by atoms with Gasteiger partial charge < -0.3 is 9.30 Å². The van der Waals surface area contributed by atoms with Crippen LogP contribution < -0.4 is 4.74 Å². The van der Waals surface area contributed by atoms with Crippen LogP contribution in [0.5, 0.6) is 5.75 Å². The van der Waals surface area contributed by atoms with E-state index >= 15 is 0 Å². The molecule has 6 nitrogen and oxygen atoms in total. The average Bonchev–Trinajstić information content (AvgIpc) is 2.85. The van der Waals surface area contributed by atoms with E-state index in [1.807, 2.05) is 0 Å². The molecule has 0 N–H and O–H groups in total. The molecule has 0 aliphatic heterocycles. The SMILES string of the molecule is Cn1cccc1C(=O)COc1cc(F)c([N+](=O)[O-])cc1F. The quantitative estimate of drug-likeness (QED) is 0.482. The zero-order chi connectivity index (χ0) is 15.6. The number of aryl methyl sites for hydroxylation is 1. The van der Waals surface area contributed by atoms with Gasteiger partial charge >= 0.3 is 5.69 Å². The molecule has 2 aromatic rings. The molecule has 0 aliphatic carbocycles. The highest BCUT2D eigenvalue weighted by atomic mass is 19.1. The van der Waals surface area contributed by atoms with Crippen molar-refractivity contribution in [3.8, 4) is 5.75 Å². The third-order valence-electron chi connectivity index (χ3n) is 2.79. The summed E-state index contributed by atoms with van der Waals surface area (Å²) in [7, 11) is 1.65. The van der Waals surface area contributed by atoms with Gasteiger partial charge in [0, 0.05) is 19.3 Å². The summed E-state index contributed by atoms with van der Waals surface area (Å²) in [4.78, 5) is 21.2. The smallest absolute Gasteiger partial charge is 0.307 e. The number of nitro benzene ring substituents is 1. The first-order valence-electron chi connectivity index (χ1n) is 5.81. The highest BCUT2D eigenvalue weighted by Crippen LogP contribution is 2.26. The lowest BCUT2D eigenvalue weighted by molar-refractivity contribution is -0.387. The van der Waals surface area contributed by atoms with Gasteiger partial charge in [0.05, 0.1) is 16.7 Å². The van der Waals surface area contributed by atoms with E-state index in [4.69, 9.17) is 4.74 Å². The summed E-state index contributed by atoms with van der Waals surface area (Å²) in [6, 6.07) is 4.17. The number of benzene rings is 1. The Morgan fingerprint density at radius 3 is 2.67 bits per heavy atom. The minimum Gasteiger partial charge on any atom is -0.482 e. The van der Waals surface area contributed by atoms with Crippen LogP contribution in [0.3, 0.4) is 0 Å². The van der Waals surface area contributed by atoms with E-state index in [1.165, 1.54) is 0 Å². The summed E-state index contributed by atoms with van der Waals surface area (Å²) in [5, 5.41) is 10.4. The van der Waals surface area contributed by atoms with Crippen LogP contribution in [0.15, 0.2) is 30.5 Å². The topological polar surface area (TPSA) is 74.4 Å². The highest BCUT2D eigenvalue weighted by molar-refractivity contribution is 5.95. The molecular weight excluding hydrogens is 286 g/mol. The van der Waals surface area contributed by atoms with Gasteiger partial charge in [-0.3, -0.25) is 14.9 Å². The number of ketones is 1. The third-order valence-corrected chi connectivity index (χ3v) is 2.79. The Hall–Kier alpha value is -2.77. The summed E-state index contributed by atoms with van der Waals surface area (Å²) in [5.41, 5.74) is -0.647. The Labute approximate surface area is 117 Å². The van der Waals surface area contributed by atoms with E-state index in [9.17, 15) is 23.7 Å². The summed E-state index contributed by atoms with van der Waals surface area (Å²) in [6.07, 6.45) is 1.65. The third kappa shape index (κ3) is 3.04. The van der Waals surface area contributed by atoms with Crippen LogP contribution >= 0.6 is 0 Å². The Bertz CT molecular complexity index is 712. The first-order chi connectivity index (χ1) is 9.90. The van der Waals surface area contributed by atoms with Gasteiger partial charge in [-0.25, -0.2) is 4.39 Å². The lowest BCUT2D eigenvalue weighted by Gasteiger charge is -2.07. The molecule has 0 saturated carbocycles. The molecule has 0 radical (unpaired) electrons. The Morgan fingerprint density at radius 1 is 1.38 bits per heavy atom. The van der Waals surface area contributed by atoms with Crippen molar-refractivity contribution < 1.29 is 23.2 Å². The first-order valence-corrected chi connectivity index (χ1v) is 5.81. The molecule has 0 fully saturated rings. The average molecular weight is 296 g/mol. The van der Waals surface area contributed by atoms with Gasteiger partial charge in [-0.05, 0) is 12.1 Å². The van der Waals surface area contributed by atoms with Crippen LogP contribution in [0.2, 0.25) is 0 Å². The normalized spacial score (nSPS) is 10.4. The van der Waals surface area contributed by atoms with Gasteiger partial charge in [0.1, 0.15) is 0 Å². The minimum atomic E-state index is -1.23. The van der Waals surface area contributed by atoms with E-state index in [0.717, 1.165) is 0 Å². The molecule has 0 bridgehead atoms. The standard InChI is InChI=1S/C13H10F2N2O4/c1-16-4-2-3-10(16)12(18)7-21-13-6-8(14)11(17(19)20)5-9(13)15/h2-6H,7H2,1H3. The number of hydrogen-bond donors (Lipinski definition) is 0. The molecule has 1 aromatic heterocycles. The van der Waals surface area contributed by atoms with Gasteiger partial charge in [-0.1, -0.05) is 0 Å². The molecule has 1 heterocycles. The maximum atomic E-state index is 13.5. The van der Waals surface area contributed by atoms with Gasteiger partial charge in [0.2, 0.25) is 11.6 Å². The number of rotatable bonds is 5. The summed E-state index contributed by atoms with van der Waals surface area (Å²) in [5.74, 6) is -3.33. The molecule has 0 unspecified atom stereocenters. The second kappa shape index (κ2) is 5.70. The van der Waals surface area contributed by atoms with Gasteiger partial charge in [-0.2, -0.15) is 4.39 Å². The van der Waals surface area contributed by atoms with Crippen molar-refractivity contribution in [1.29, 1.82) is 0 Å². The molecule has 0 saturated heterocycles. The van der Waals surface area contributed by atoms with E-state index in [0.29, 0.717) is 17.8 Å². The summed E-state index contributed by atoms with van der Waals surface area (Å²) >= 11 is 0. The monoisotopic (exact) mass is 296 g/mol. The Balaban J connectivity index is 2.14. The van der Waals surface area contributed by atoms with E-state index in [2.05, 4.69) is 0 Å². The number of nitrogens with zero attached hydrogens (tertiary/aromatic N) is 2. The number of hydrogen-bond acceptors (Lipinski definition) is 4. The second-order valence-electron chi connectivity index (χ2n) is 4.21. The maximum absolute atomic E-state index is 13.5. The highest BCUT2D eigenvalue weighted by Gasteiger charge is 2.20. The molecule has 2 rings (SSSR count). The fraction of sp³-hybridized carbons (Fsp3) is 0.154. The fourth-order valence-electron chi connectivity index (χ4n) is 1.74. The maximum Gasteiger partial charge on any atom is 0.307 e. The Kier molecular flexibility index (Phi) is 3.97. The number of carbonyl (C=O) groups is 1. The molecule has 0 aliphatic rings. The van der Waals surface area contributed by atoms with Crippen molar-refractivity contribution in [1.82, 2.24) is 4.57 Å². The van der Waals surface area contributed by atoms with Crippen molar-refractivity contribution >= 4 is 11.5 Å². The van der Waals surface area contributed by atoms with Crippen molar-refractivity contribution in [2.75, 3.05) is 6.61 Å². The molecule has 0 spiro atoms. The molecular formula is C13H10F2N2O4. The molecule has 0 atom stereocenters. The predicted octanol–water partition coefficient (Wildman–Crippen LogP) is 2.47. The van der Waals surface area contributed by atoms with Crippen LogP contribution in [0.4, 0.5) is 14.5 Å². The van der Waals surface area contributed by atoms with Crippen molar-refractivity contribution in [3.05, 3.63) is 57.9 Å². The van der Waals surface area contributed by atoms with Gasteiger partial charge in [-0.15, -0.1) is 0 Å². The zero-order valence-electron chi connectivity index (χ0n) is 10.9. The second-order valence-corrected chi connectivity index (χ2v) is 4.21. The van der Waals surface area contributed by atoms with Crippen LogP contribution in [0.25, 0.3) is 0 Å². The van der Waals surface area contributed by atoms with Crippen molar-refractivity contribution in [3.63, 3.8) is 0 Å². The minimum absolute atomic E-state index is 0.345. The van der Waals surface area contributed by atoms with Crippen molar-refractivity contribution in [2.24, 2.45) is 7.05 Å². The number of aromatic nitrogens is 1. The molecule has 8 heteroatoms. The van der Waals surface area contributed by atoms with Crippen LogP contribution in [-0.2, 0) is 7.05 Å². The van der Waals surface area contributed by atoms with E-state index in [-0.39, 0.29) is 0 Å². The zero-order valence-corrected chi connectivity index (χ0v) is 10.9. The molecule has 1 aromatic carbocycles. The molecule has 0 amide bonds. The predicted molar refractivity (Wildman–Crippen MR) is 68.3 cm³/mol. The Morgan fingerprint density at radius 2 is 2.10 bits per heavy atom. The number of ether oxygens (including phenoxy) is 1. The summed E-state index contributed by atoms with van der Waals surface area (Å²) < 4.78 is 33.4. The van der Waals surface area contributed by atoms with Crippen LogP contribution in [-0.4, -0.2) is 21.9 Å². The number of nitro groups is 1.